The highest BCUT2D eigenvalue weighted by Gasteiger charge is 2.27. The van der Waals surface area contributed by atoms with Gasteiger partial charge in [0, 0.05) is 25.5 Å². The van der Waals surface area contributed by atoms with E-state index in [9.17, 15) is 8.42 Å². The van der Waals surface area contributed by atoms with Crippen LogP contribution in [-0.4, -0.2) is 44.6 Å². The van der Waals surface area contributed by atoms with Gasteiger partial charge in [-0.05, 0) is 68.8 Å². The molecule has 0 amide bonds. The van der Waals surface area contributed by atoms with E-state index < -0.39 is 10.0 Å². The van der Waals surface area contributed by atoms with Gasteiger partial charge in [0.25, 0.3) is 0 Å². The minimum atomic E-state index is -3.59. The Morgan fingerprint density at radius 1 is 1.23 bits per heavy atom. The van der Waals surface area contributed by atoms with Crippen LogP contribution in [0.4, 0.5) is 0 Å². The highest BCUT2D eigenvalue weighted by molar-refractivity contribution is 7.89. The van der Waals surface area contributed by atoms with Gasteiger partial charge in [0.15, 0.2) is 0 Å². The molecule has 1 N–H and O–H groups in total. The molecule has 1 atom stereocenters. The van der Waals surface area contributed by atoms with E-state index in [1.165, 1.54) is 0 Å². The lowest BCUT2D eigenvalue weighted by Gasteiger charge is -2.28. The van der Waals surface area contributed by atoms with Gasteiger partial charge in [0.05, 0.1) is 18.0 Å². The van der Waals surface area contributed by atoms with Gasteiger partial charge in [-0.25, -0.2) is 13.1 Å². The lowest BCUT2D eigenvalue weighted by Crippen LogP contribution is -2.37. The molecule has 1 aliphatic heterocycles. The SMILES string of the molecule is COc1ccc(S(=O)(=O)NCC(c2cccn2C)N2CCCC2)c(C)c1. The zero-order chi connectivity index (χ0) is 18.7. The molecule has 1 aromatic heterocycles. The fourth-order valence-electron chi connectivity index (χ4n) is 3.61. The van der Waals surface area contributed by atoms with Crippen LogP contribution in [0, 0.1) is 6.92 Å². The summed E-state index contributed by atoms with van der Waals surface area (Å²) in [4.78, 5) is 2.66. The fraction of sp³-hybridized carbons (Fsp3) is 0.474. The molecule has 0 aliphatic carbocycles. The highest BCUT2D eigenvalue weighted by Crippen LogP contribution is 2.26. The Bertz CT molecular complexity index is 855. The first kappa shape index (κ1) is 18.9. The minimum Gasteiger partial charge on any atom is -0.497 e. The molecule has 6 nitrogen and oxygen atoms in total. The largest absolute Gasteiger partial charge is 0.497 e. The van der Waals surface area contributed by atoms with Crippen molar-refractivity contribution in [2.75, 3.05) is 26.7 Å². The summed E-state index contributed by atoms with van der Waals surface area (Å²) in [5, 5.41) is 0. The Kier molecular flexibility index (Phi) is 5.70. The summed E-state index contributed by atoms with van der Waals surface area (Å²) < 4.78 is 35.8. The van der Waals surface area contributed by atoms with Gasteiger partial charge in [0.1, 0.15) is 5.75 Å². The summed E-state index contributed by atoms with van der Waals surface area (Å²) in [7, 11) is -0.0143. The maximum atomic E-state index is 12.8. The zero-order valence-electron chi connectivity index (χ0n) is 15.6. The molecule has 26 heavy (non-hydrogen) atoms. The Balaban J connectivity index is 1.81. The van der Waals surface area contributed by atoms with Crippen molar-refractivity contribution < 1.29 is 13.2 Å². The Morgan fingerprint density at radius 3 is 2.54 bits per heavy atom. The first-order valence-corrected chi connectivity index (χ1v) is 10.4. The van der Waals surface area contributed by atoms with E-state index in [0.29, 0.717) is 22.8 Å². The average molecular weight is 378 g/mol. The first-order valence-electron chi connectivity index (χ1n) is 8.92. The van der Waals surface area contributed by atoms with Crippen LogP contribution in [-0.2, 0) is 17.1 Å². The van der Waals surface area contributed by atoms with Gasteiger partial charge in [-0.2, -0.15) is 0 Å². The molecule has 1 unspecified atom stereocenters. The predicted octanol–water partition coefficient (Wildman–Crippen LogP) is 2.46. The summed E-state index contributed by atoms with van der Waals surface area (Å²) in [5.74, 6) is 0.653. The highest BCUT2D eigenvalue weighted by atomic mass is 32.2. The number of likely N-dealkylation sites (tertiary alicyclic amines) is 1. The van der Waals surface area contributed by atoms with Gasteiger partial charge in [0.2, 0.25) is 10.0 Å². The van der Waals surface area contributed by atoms with Crippen molar-refractivity contribution in [3.63, 3.8) is 0 Å². The second kappa shape index (κ2) is 7.82. The smallest absolute Gasteiger partial charge is 0.240 e. The number of aryl methyl sites for hydroxylation is 2. The number of hydrogen-bond acceptors (Lipinski definition) is 4. The van der Waals surface area contributed by atoms with Crippen LogP contribution in [0.2, 0.25) is 0 Å². The summed E-state index contributed by atoms with van der Waals surface area (Å²) >= 11 is 0. The van der Waals surface area contributed by atoms with Crippen LogP contribution < -0.4 is 9.46 Å². The number of aromatic nitrogens is 1. The third-order valence-electron chi connectivity index (χ3n) is 5.05. The molecule has 0 spiro atoms. The van der Waals surface area contributed by atoms with E-state index in [2.05, 4.69) is 20.3 Å². The molecule has 2 heterocycles. The van der Waals surface area contributed by atoms with Crippen molar-refractivity contribution in [2.45, 2.75) is 30.7 Å². The van der Waals surface area contributed by atoms with Gasteiger partial charge >= 0.3 is 0 Å². The van der Waals surface area contributed by atoms with Crippen molar-refractivity contribution >= 4 is 10.0 Å². The molecular weight excluding hydrogens is 350 g/mol. The molecule has 1 saturated heterocycles. The number of ether oxygens (including phenoxy) is 1. The Morgan fingerprint density at radius 2 is 1.96 bits per heavy atom. The molecule has 0 bridgehead atoms. The zero-order valence-corrected chi connectivity index (χ0v) is 16.4. The third kappa shape index (κ3) is 3.95. The minimum absolute atomic E-state index is 0.0332. The molecule has 1 aromatic carbocycles. The van der Waals surface area contributed by atoms with Crippen LogP contribution in [0.5, 0.6) is 5.75 Å². The van der Waals surface area contributed by atoms with Crippen molar-refractivity contribution in [3.05, 3.63) is 47.8 Å². The predicted molar refractivity (Wildman–Crippen MR) is 102 cm³/mol. The quantitative estimate of drug-likeness (QED) is 0.805. The third-order valence-corrected chi connectivity index (χ3v) is 6.63. The molecule has 3 rings (SSSR count). The van der Waals surface area contributed by atoms with E-state index in [4.69, 9.17) is 4.74 Å². The summed E-state index contributed by atoms with van der Waals surface area (Å²) in [6.07, 6.45) is 4.32. The Hall–Kier alpha value is -1.83. The molecule has 1 fully saturated rings. The number of sulfonamides is 1. The lowest BCUT2D eigenvalue weighted by atomic mass is 10.2. The number of hydrogen-bond donors (Lipinski definition) is 1. The van der Waals surface area contributed by atoms with Crippen molar-refractivity contribution in [1.29, 1.82) is 0 Å². The van der Waals surface area contributed by atoms with Crippen LogP contribution in [0.15, 0.2) is 41.4 Å². The fourth-order valence-corrected chi connectivity index (χ4v) is 4.87. The molecule has 0 radical (unpaired) electrons. The Labute approximate surface area is 155 Å². The van der Waals surface area contributed by atoms with Gasteiger partial charge in [-0.3, -0.25) is 4.90 Å². The van der Waals surface area contributed by atoms with Crippen LogP contribution in [0.3, 0.4) is 0 Å². The van der Waals surface area contributed by atoms with Crippen LogP contribution in [0.1, 0.15) is 30.1 Å². The van der Waals surface area contributed by atoms with Gasteiger partial charge < -0.3 is 9.30 Å². The van der Waals surface area contributed by atoms with Gasteiger partial charge in [-0.1, -0.05) is 0 Å². The van der Waals surface area contributed by atoms with E-state index in [-0.39, 0.29) is 6.04 Å². The van der Waals surface area contributed by atoms with E-state index >= 15 is 0 Å². The van der Waals surface area contributed by atoms with E-state index in [1.54, 1.807) is 32.2 Å². The maximum absolute atomic E-state index is 12.8. The number of methoxy groups -OCH3 is 1. The van der Waals surface area contributed by atoms with E-state index in [1.807, 2.05) is 19.3 Å². The number of benzene rings is 1. The molecular formula is C19H27N3O3S. The van der Waals surface area contributed by atoms with Crippen molar-refractivity contribution in [2.24, 2.45) is 7.05 Å². The van der Waals surface area contributed by atoms with Crippen LogP contribution >= 0.6 is 0 Å². The number of nitrogens with zero attached hydrogens (tertiary/aromatic N) is 2. The average Bonchev–Trinajstić information content (AvgIpc) is 3.27. The topological polar surface area (TPSA) is 63.6 Å². The number of rotatable bonds is 7. The monoisotopic (exact) mass is 377 g/mol. The van der Waals surface area contributed by atoms with E-state index in [0.717, 1.165) is 31.6 Å². The molecule has 1 aliphatic rings. The standard InChI is InChI=1S/C19H27N3O3S/c1-15-13-16(25-3)8-9-19(15)26(23,24)20-14-18(22-11-4-5-12-22)17-7-6-10-21(17)2/h6-10,13,18,20H,4-5,11-12,14H2,1-3H3. The lowest BCUT2D eigenvalue weighted by molar-refractivity contribution is 0.238. The molecule has 0 saturated carbocycles. The second-order valence-electron chi connectivity index (χ2n) is 6.79. The number of nitrogens with one attached hydrogen (secondary N) is 1. The molecule has 142 valence electrons. The second-order valence-corrected chi connectivity index (χ2v) is 8.52. The maximum Gasteiger partial charge on any atom is 0.240 e. The summed E-state index contributed by atoms with van der Waals surface area (Å²) in [5.41, 5.74) is 1.80. The van der Waals surface area contributed by atoms with Crippen molar-refractivity contribution in [3.8, 4) is 5.75 Å². The summed E-state index contributed by atoms with van der Waals surface area (Å²) in [6, 6.07) is 9.12. The summed E-state index contributed by atoms with van der Waals surface area (Å²) in [6.45, 7) is 4.14. The molecule has 7 heteroatoms. The van der Waals surface area contributed by atoms with Crippen LogP contribution in [0.25, 0.3) is 0 Å². The van der Waals surface area contributed by atoms with Crippen molar-refractivity contribution in [1.82, 2.24) is 14.2 Å². The normalized spacial score (nSPS) is 16.7. The van der Waals surface area contributed by atoms with Gasteiger partial charge in [-0.15, -0.1) is 0 Å². The molecule has 2 aromatic rings. The first-order chi connectivity index (χ1) is 12.4.